The summed E-state index contributed by atoms with van der Waals surface area (Å²) in [6.07, 6.45) is 6.62. The van der Waals surface area contributed by atoms with Gasteiger partial charge in [-0.1, -0.05) is 18.9 Å². The SMILES string of the molecule is CCOC(CCNC(=NCc1nnc(C)n1C)NCc1cccs1)C1CCCC1. The van der Waals surface area contributed by atoms with E-state index in [0.717, 1.165) is 43.7 Å². The lowest BCUT2D eigenvalue weighted by molar-refractivity contribution is 0.0169. The predicted molar refractivity (Wildman–Crippen MR) is 118 cm³/mol. The normalized spacial score (nSPS) is 16.3. The van der Waals surface area contributed by atoms with E-state index in [1.807, 2.05) is 18.5 Å². The van der Waals surface area contributed by atoms with Crippen molar-refractivity contribution in [3.8, 4) is 0 Å². The van der Waals surface area contributed by atoms with Gasteiger partial charge in [-0.3, -0.25) is 0 Å². The van der Waals surface area contributed by atoms with E-state index in [1.165, 1.54) is 30.6 Å². The Kier molecular flexibility index (Phi) is 8.49. The third-order valence-electron chi connectivity index (χ3n) is 5.60. The summed E-state index contributed by atoms with van der Waals surface area (Å²) in [5.74, 6) is 3.27. The third-order valence-corrected chi connectivity index (χ3v) is 6.48. The summed E-state index contributed by atoms with van der Waals surface area (Å²) in [6, 6.07) is 4.20. The van der Waals surface area contributed by atoms with Gasteiger partial charge in [-0.2, -0.15) is 0 Å². The lowest BCUT2D eigenvalue weighted by Gasteiger charge is -2.24. The number of ether oxygens (including phenoxy) is 1. The Bertz CT molecular complexity index is 751. The molecule has 7 nitrogen and oxygen atoms in total. The minimum absolute atomic E-state index is 0.343. The highest BCUT2D eigenvalue weighted by molar-refractivity contribution is 7.09. The molecule has 29 heavy (non-hydrogen) atoms. The van der Waals surface area contributed by atoms with E-state index < -0.39 is 0 Å². The first-order valence-electron chi connectivity index (χ1n) is 10.7. The van der Waals surface area contributed by atoms with Crippen molar-refractivity contribution in [1.82, 2.24) is 25.4 Å². The van der Waals surface area contributed by atoms with Crippen molar-refractivity contribution >= 4 is 17.3 Å². The Morgan fingerprint density at radius 1 is 1.34 bits per heavy atom. The minimum atomic E-state index is 0.343. The highest BCUT2D eigenvalue weighted by Gasteiger charge is 2.25. The Morgan fingerprint density at radius 2 is 2.17 bits per heavy atom. The van der Waals surface area contributed by atoms with E-state index >= 15 is 0 Å². The van der Waals surface area contributed by atoms with Crippen LogP contribution in [-0.2, 0) is 24.9 Å². The molecule has 1 unspecified atom stereocenters. The number of aliphatic imine (C=N–C) groups is 1. The average Bonchev–Trinajstić information content (AvgIpc) is 3.48. The van der Waals surface area contributed by atoms with Gasteiger partial charge in [0.15, 0.2) is 11.8 Å². The fourth-order valence-corrected chi connectivity index (χ4v) is 4.47. The molecule has 160 valence electrons. The number of guanidine groups is 1. The van der Waals surface area contributed by atoms with Crippen molar-refractivity contribution in [2.75, 3.05) is 13.2 Å². The second-order valence-corrected chi connectivity index (χ2v) is 8.61. The van der Waals surface area contributed by atoms with E-state index in [0.29, 0.717) is 18.6 Å². The number of hydrogen-bond acceptors (Lipinski definition) is 5. The number of aryl methyl sites for hydroxylation is 1. The zero-order valence-corrected chi connectivity index (χ0v) is 18.7. The zero-order chi connectivity index (χ0) is 20.5. The zero-order valence-electron chi connectivity index (χ0n) is 17.9. The maximum atomic E-state index is 6.05. The molecule has 1 atom stereocenters. The van der Waals surface area contributed by atoms with E-state index in [-0.39, 0.29) is 0 Å². The van der Waals surface area contributed by atoms with Gasteiger partial charge in [-0.15, -0.1) is 21.5 Å². The van der Waals surface area contributed by atoms with Gasteiger partial charge in [-0.05, 0) is 50.5 Å². The van der Waals surface area contributed by atoms with Crippen LogP contribution in [0.1, 0.15) is 55.6 Å². The number of rotatable bonds is 10. The number of thiophene rings is 1. The van der Waals surface area contributed by atoms with Gasteiger partial charge in [-0.25, -0.2) is 4.99 Å². The second-order valence-electron chi connectivity index (χ2n) is 7.57. The highest BCUT2D eigenvalue weighted by Crippen LogP contribution is 2.30. The van der Waals surface area contributed by atoms with Crippen LogP contribution in [0.2, 0.25) is 0 Å². The molecule has 2 aromatic rings. The Balaban J connectivity index is 1.57. The van der Waals surface area contributed by atoms with Crippen LogP contribution in [0.3, 0.4) is 0 Å². The smallest absolute Gasteiger partial charge is 0.192 e. The van der Waals surface area contributed by atoms with Crippen LogP contribution in [-0.4, -0.2) is 40.0 Å². The number of aromatic nitrogens is 3. The summed E-state index contributed by atoms with van der Waals surface area (Å²) < 4.78 is 8.03. The summed E-state index contributed by atoms with van der Waals surface area (Å²) in [6.45, 7) is 6.92. The van der Waals surface area contributed by atoms with Gasteiger partial charge in [0.2, 0.25) is 0 Å². The van der Waals surface area contributed by atoms with Crippen molar-refractivity contribution in [3.05, 3.63) is 34.0 Å². The molecule has 0 spiro atoms. The van der Waals surface area contributed by atoms with Gasteiger partial charge < -0.3 is 19.9 Å². The van der Waals surface area contributed by atoms with Crippen LogP contribution < -0.4 is 10.6 Å². The molecule has 0 amide bonds. The summed E-state index contributed by atoms with van der Waals surface area (Å²) in [5.41, 5.74) is 0. The lowest BCUT2D eigenvalue weighted by atomic mass is 9.98. The van der Waals surface area contributed by atoms with Crippen LogP contribution in [0.15, 0.2) is 22.5 Å². The maximum Gasteiger partial charge on any atom is 0.192 e. The molecule has 1 aliphatic carbocycles. The monoisotopic (exact) mass is 418 g/mol. The summed E-state index contributed by atoms with van der Waals surface area (Å²) in [5, 5.41) is 17.4. The van der Waals surface area contributed by atoms with Crippen molar-refractivity contribution in [3.63, 3.8) is 0 Å². The van der Waals surface area contributed by atoms with Gasteiger partial charge in [0.1, 0.15) is 12.4 Å². The Labute approximate surface area is 178 Å². The third kappa shape index (κ3) is 6.54. The second kappa shape index (κ2) is 11.3. The van der Waals surface area contributed by atoms with Crippen LogP contribution in [0.4, 0.5) is 0 Å². The molecule has 0 aliphatic heterocycles. The molecular formula is C21H34N6OS. The standard InChI is InChI=1S/C21H34N6OS/c1-4-28-19(17-8-5-6-9-17)11-12-22-21(23-14-18-10-7-13-29-18)24-15-20-26-25-16(2)27(20)3/h7,10,13,17,19H,4-6,8-9,11-12,14-15H2,1-3H3,(H2,22,23,24). The van der Waals surface area contributed by atoms with Crippen molar-refractivity contribution in [2.45, 2.75) is 65.1 Å². The highest BCUT2D eigenvalue weighted by atomic mass is 32.1. The largest absolute Gasteiger partial charge is 0.378 e. The predicted octanol–water partition coefficient (Wildman–Crippen LogP) is 3.41. The van der Waals surface area contributed by atoms with E-state index in [2.05, 4.69) is 45.3 Å². The molecule has 1 saturated carbocycles. The summed E-state index contributed by atoms with van der Waals surface area (Å²) in [4.78, 5) is 6.03. The van der Waals surface area contributed by atoms with Gasteiger partial charge in [0, 0.05) is 25.1 Å². The molecule has 3 rings (SSSR count). The van der Waals surface area contributed by atoms with Gasteiger partial charge in [0.25, 0.3) is 0 Å². The summed E-state index contributed by atoms with van der Waals surface area (Å²) in [7, 11) is 1.97. The minimum Gasteiger partial charge on any atom is -0.378 e. The van der Waals surface area contributed by atoms with Crippen LogP contribution in [0.25, 0.3) is 0 Å². The van der Waals surface area contributed by atoms with Gasteiger partial charge >= 0.3 is 0 Å². The number of nitrogens with zero attached hydrogens (tertiary/aromatic N) is 4. The van der Waals surface area contributed by atoms with E-state index in [1.54, 1.807) is 11.3 Å². The number of nitrogens with one attached hydrogen (secondary N) is 2. The fraction of sp³-hybridized carbons (Fsp3) is 0.667. The van der Waals surface area contributed by atoms with Crippen molar-refractivity contribution in [1.29, 1.82) is 0 Å². The first-order chi connectivity index (χ1) is 14.2. The van der Waals surface area contributed by atoms with E-state index in [9.17, 15) is 0 Å². The lowest BCUT2D eigenvalue weighted by Crippen LogP contribution is -2.39. The molecule has 0 radical (unpaired) electrons. The Hall–Kier alpha value is -1.93. The van der Waals surface area contributed by atoms with Crippen molar-refractivity contribution in [2.24, 2.45) is 18.0 Å². The molecular weight excluding hydrogens is 384 g/mol. The average molecular weight is 419 g/mol. The topological polar surface area (TPSA) is 76.4 Å². The molecule has 0 aromatic carbocycles. The van der Waals surface area contributed by atoms with Crippen LogP contribution in [0.5, 0.6) is 0 Å². The summed E-state index contributed by atoms with van der Waals surface area (Å²) >= 11 is 1.75. The van der Waals surface area contributed by atoms with Crippen molar-refractivity contribution < 1.29 is 4.74 Å². The van der Waals surface area contributed by atoms with Gasteiger partial charge in [0.05, 0.1) is 12.6 Å². The quantitative estimate of drug-likeness (QED) is 0.457. The molecule has 2 heterocycles. The first kappa shape index (κ1) is 21.8. The van der Waals surface area contributed by atoms with Crippen LogP contribution >= 0.6 is 11.3 Å². The first-order valence-corrected chi connectivity index (χ1v) is 11.6. The van der Waals surface area contributed by atoms with E-state index in [4.69, 9.17) is 9.73 Å². The molecule has 0 bridgehead atoms. The fourth-order valence-electron chi connectivity index (χ4n) is 3.83. The van der Waals surface area contributed by atoms with Crippen LogP contribution in [0, 0.1) is 12.8 Å². The maximum absolute atomic E-state index is 6.05. The molecule has 1 aliphatic rings. The molecule has 2 aromatic heterocycles. The molecule has 1 fully saturated rings. The molecule has 2 N–H and O–H groups in total. The Morgan fingerprint density at radius 3 is 2.83 bits per heavy atom. The number of hydrogen-bond donors (Lipinski definition) is 2. The molecule has 0 saturated heterocycles. The molecule has 8 heteroatoms.